The standard InChI is InChI=1S/C10H17N3OS.2ClH/c1-6(5-11)13(4)10(14)9-7(2)12-8(3)15-9;;/h6H,5,11H2,1-4H3;2*1H. The highest BCUT2D eigenvalue weighted by atomic mass is 35.5. The second-order valence-electron chi connectivity index (χ2n) is 3.65. The Morgan fingerprint density at radius 1 is 1.47 bits per heavy atom. The molecule has 0 aliphatic heterocycles. The number of aromatic nitrogens is 1. The molecule has 0 aliphatic rings. The van der Waals surface area contributed by atoms with Crippen LogP contribution >= 0.6 is 36.2 Å². The average Bonchev–Trinajstić information content (AvgIpc) is 2.54. The van der Waals surface area contributed by atoms with E-state index >= 15 is 0 Å². The second-order valence-corrected chi connectivity index (χ2v) is 4.85. The molecule has 0 saturated heterocycles. The number of carbonyl (C=O) groups excluding carboxylic acids is 1. The van der Waals surface area contributed by atoms with Gasteiger partial charge in [0, 0.05) is 19.6 Å². The van der Waals surface area contributed by atoms with Gasteiger partial charge in [0.2, 0.25) is 0 Å². The Hall–Kier alpha value is -0.360. The third-order valence-corrected chi connectivity index (χ3v) is 3.48. The van der Waals surface area contributed by atoms with Gasteiger partial charge in [-0.1, -0.05) is 0 Å². The van der Waals surface area contributed by atoms with Gasteiger partial charge in [-0.05, 0) is 20.8 Å². The first-order chi connectivity index (χ1) is 6.97. The fraction of sp³-hybridized carbons (Fsp3) is 0.600. The number of thiazole rings is 1. The quantitative estimate of drug-likeness (QED) is 0.929. The molecule has 1 heterocycles. The highest BCUT2D eigenvalue weighted by Crippen LogP contribution is 2.19. The van der Waals surface area contributed by atoms with Crippen LogP contribution in [0.4, 0.5) is 0 Å². The lowest BCUT2D eigenvalue weighted by Gasteiger charge is -2.23. The topological polar surface area (TPSA) is 59.2 Å². The first-order valence-corrected chi connectivity index (χ1v) is 5.70. The zero-order valence-corrected chi connectivity index (χ0v) is 12.8. The fourth-order valence-electron chi connectivity index (χ4n) is 1.25. The molecule has 1 rings (SSSR count). The number of rotatable bonds is 3. The number of nitrogens with two attached hydrogens (primary N) is 1. The third kappa shape index (κ3) is 4.43. The van der Waals surface area contributed by atoms with Gasteiger partial charge in [0.05, 0.1) is 10.7 Å². The minimum Gasteiger partial charge on any atom is -0.337 e. The van der Waals surface area contributed by atoms with Crippen molar-refractivity contribution in [3.63, 3.8) is 0 Å². The highest BCUT2D eigenvalue weighted by Gasteiger charge is 2.20. The average molecular weight is 300 g/mol. The van der Waals surface area contributed by atoms with E-state index < -0.39 is 0 Å². The van der Waals surface area contributed by atoms with Crippen molar-refractivity contribution in [3.05, 3.63) is 15.6 Å². The maximum atomic E-state index is 12.0. The van der Waals surface area contributed by atoms with Crippen LogP contribution < -0.4 is 5.73 Å². The van der Waals surface area contributed by atoms with Gasteiger partial charge in [-0.2, -0.15) is 0 Å². The summed E-state index contributed by atoms with van der Waals surface area (Å²) in [4.78, 5) is 18.6. The molecule has 0 saturated carbocycles. The number of amides is 1. The van der Waals surface area contributed by atoms with Gasteiger partial charge >= 0.3 is 0 Å². The van der Waals surface area contributed by atoms with Crippen LogP contribution in [0.3, 0.4) is 0 Å². The lowest BCUT2D eigenvalue weighted by atomic mass is 10.2. The predicted molar refractivity (Wildman–Crippen MR) is 76.7 cm³/mol. The van der Waals surface area contributed by atoms with Gasteiger partial charge in [0.1, 0.15) is 4.88 Å². The predicted octanol–water partition coefficient (Wildman–Crippen LogP) is 2.02. The van der Waals surface area contributed by atoms with Crippen molar-refractivity contribution in [2.75, 3.05) is 13.6 Å². The first-order valence-electron chi connectivity index (χ1n) is 4.88. The number of halogens is 2. The van der Waals surface area contributed by atoms with E-state index in [0.717, 1.165) is 15.6 Å². The van der Waals surface area contributed by atoms with Crippen molar-refractivity contribution in [2.45, 2.75) is 26.8 Å². The van der Waals surface area contributed by atoms with Crippen LogP contribution in [0.25, 0.3) is 0 Å². The van der Waals surface area contributed by atoms with Gasteiger partial charge < -0.3 is 10.6 Å². The normalized spacial score (nSPS) is 11.1. The van der Waals surface area contributed by atoms with E-state index in [1.54, 1.807) is 11.9 Å². The molecule has 0 spiro atoms. The van der Waals surface area contributed by atoms with E-state index in [9.17, 15) is 4.79 Å². The van der Waals surface area contributed by atoms with Gasteiger partial charge in [-0.3, -0.25) is 4.79 Å². The van der Waals surface area contributed by atoms with Crippen molar-refractivity contribution in [2.24, 2.45) is 5.73 Å². The Bertz CT molecular complexity index is 370. The Kier molecular flexibility index (Phi) is 8.79. The van der Waals surface area contributed by atoms with Gasteiger partial charge in [-0.25, -0.2) is 4.98 Å². The molecule has 0 aromatic carbocycles. The number of aryl methyl sites for hydroxylation is 2. The Morgan fingerprint density at radius 3 is 2.35 bits per heavy atom. The number of carbonyl (C=O) groups is 1. The molecule has 4 nitrogen and oxygen atoms in total. The second kappa shape index (κ2) is 7.87. The minimum absolute atomic E-state index is 0. The first kappa shape index (κ1) is 19.0. The molecule has 0 radical (unpaired) electrons. The molecule has 2 N–H and O–H groups in total. The maximum Gasteiger partial charge on any atom is 0.265 e. The van der Waals surface area contributed by atoms with Crippen molar-refractivity contribution in [1.29, 1.82) is 0 Å². The van der Waals surface area contributed by atoms with E-state index in [1.165, 1.54) is 11.3 Å². The number of likely N-dealkylation sites (N-methyl/N-ethyl adjacent to an activating group) is 1. The van der Waals surface area contributed by atoms with E-state index in [4.69, 9.17) is 5.73 Å². The summed E-state index contributed by atoms with van der Waals surface area (Å²) in [5.74, 6) is 0.0102. The minimum atomic E-state index is 0. The van der Waals surface area contributed by atoms with Crippen molar-refractivity contribution in [3.8, 4) is 0 Å². The smallest absolute Gasteiger partial charge is 0.265 e. The lowest BCUT2D eigenvalue weighted by molar-refractivity contribution is 0.0752. The molecule has 1 aromatic heterocycles. The van der Waals surface area contributed by atoms with E-state index in [2.05, 4.69) is 4.98 Å². The van der Waals surface area contributed by atoms with Crippen LogP contribution in [0, 0.1) is 13.8 Å². The molecule has 17 heavy (non-hydrogen) atoms. The maximum absolute atomic E-state index is 12.0. The van der Waals surface area contributed by atoms with E-state index in [0.29, 0.717) is 6.54 Å². The molecule has 100 valence electrons. The van der Waals surface area contributed by atoms with Crippen LogP contribution in [-0.2, 0) is 0 Å². The van der Waals surface area contributed by atoms with E-state index in [1.807, 2.05) is 20.8 Å². The molecule has 0 bridgehead atoms. The summed E-state index contributed by atoms with van der Waals surface area (Å²) in [7, 11) is 1.77. The zero-order valence-electron chi connectivity index (χ0n) is 10.4. The summed E-state index contributed by atoms with van der Waals surface area (Å²) in [6.07, 6.45) is 0. The molecule has 1 atom stereocenters. The largest absolute Gasteiger partial charge is 0.337 e. The van der Waals surface area contributed by atoms with E-state index in [-0.39, 0.29) is 36.8 Å². The van der Waals surface area contributed by atoms with Crippen LogP contribution in [0.15, 0.2) is 0 Å². The van der Waals surface area contributed by atoms with Crippen LogP contribution in [0.1, 0.15) is 27.3 Å². The highest BCUT2D eigenvalue weighted by molar-refractivity contribution is 7.13. The number of nitrogens with zero attached hydrogens (tertiary/aromatic N) is 2. The molecule has 1 aromatic rings. The molecule has 0 fully saturated rings. The van der Waals surface area contributed by atoms with Crippen LogP contribution in [0.5, 0.6) is 0 Å². The molecule has 0 aliphatic carbocycles. The summed E-state index contributed by atoms with van der Waals surface area (Å²) in [5.41, 5.74) is 6.33. The molecular weight excluding hydrogens is 281 g/mol. The summed E-state index contributed by atoms with van der Waals surface area (Å²) in [6, 6.07) is 0.0549. The monoisotopic (exact) mass is 299 g/mol. The van der Waals surface area contributed by atoms with Crippen LogP contribution in [-0.4, -0.2) is 35.4 Å². The van der Waals surface area contributed by atoms with Crippen LogP contribution in [0.2, 0.25) is 0 Å². The van der Waals surface area contributed by atoms with Crippen molar-refractivity contribution >= 4 is 42.1 Å². The zero-order chi connectivity index (χ0) is 11.6. The van der Waals surface area contributed by atoms with Gasteiger partial charge in [-0.15, -0.1) is 36.2 Å². The Balaban J connectivity index is 0. The fourth-order valence-corrected chi connectivity index (χ4v) is 2.15. The van der Waals surface area contributed by atoms with Crippen molar-refractivity contribution < 1.29 is 4.79 Å². The Morgan fingerprint density at radius 2 is 2.00 bits per heavy atom. The molecule has 1 amide bonds. The van der Waals surface area contributed by atoms with Gasteiger partial charge in [0.15, 0.2) is 0 Å². The summed E-state index contributed by atoms with van der Waals surface area (Å²) in [5, 5.41) is 0.921. The molecular formula is C10H19Cl2N3OS. The SMILES string of the molecule is Cc1nc(C)c(C(=O)N(C)C(C)CN)s1.Cl.Cl. The molecule has 1 unspecified atom stereocenters. The molecule has 7 heteroatoms. The van der Waals surface area contributed by atoms with Gasteiger partial charge in [0.25, 0.3) is 5.91 Å². The summed E-state index contributed by atoms with van der Waals surface area (Å²) in [6.45, 7) is 6.17. The summed E-state index contributed by atoms with van der Waals surface area (Å²) >= 11 is 1.44. The lowest BCUT2D eigenvalue weighted by Crippen LogP contribution is -2.39. The Labute approximate surface area is 118 Å². The number of hydrogen-bond acceptors (Lipinski definition) is 4. The van der Waals surface area contributed by atoms with Crippen molar-refractivity contribution in [1.82, 2.24) is 9.88 Å². The summed E-state index contributed by atoms with van der Waals surface area (Å²) < 4.78 is 0. The third-order valence-electron chi connectivity index (χ3n) is 2.42. The number of hydrogen-bond donors (Lipinski definition) is 1.